The van der Waals surface area contributed by atoms with Gasteiger partial charge in [0, 0.05) is 41.8 Å². The van der Waals surface area contributed by atoms with Gasteiger partial charge in [-0.2, -0.15) is 13.2 Å². The summed E-state index contributed by atoms with van der Waals surface area (Å²) in [7, 11) is 0. The molecule has 2 aromatic heterocycles. The average Bonchev–Trinajstić information content (AvgIpc) is 3.29. The summed E-state index contributed by atoms with van der Waals surface area (Å²) in [5.74, 6) is 0.559. The first-order valence-electron chi connectivity index (χ1n) is 12.9. The van der Waals surface area contributed by atoms with Gasteiger partial charge >= 0.3 is 18.1 Å². The van der Waals surface area contributed by atoms with E-state index in [9.17, 15) is 27.6 Å². The number of imidazole rings is 1. The van der Waals surface area contributed by atoms with Crippen LogP contribution in [0.4, 0.5) is 19.0 Å². The number of aromatic amines is 1. The molecule has 220 valence electrons. The van der Waals surface area contributed by atoms with Crippen molar-refractivity contribution in [2.75, 3.05) is 5.32 Å². The van der Waals surface area contributed by atoms with Gasteiger partial charge in [0.1, 0.15) is 35.0 Å². The summed E-state index contributed by atoms with van der Waals surface area (Å²) in [5.41, 5.74) is 1.96. The third kappa shape index (κ3) is 5.58. The molecule has 0 saturated heterocycles. The molecule has 1 aliphatic carbocycles. The number of ether oxygens (including phenoxy) is 2. The van der Waals surface area contributed by atoms with Crippen LogP contribution in [0.5, 0.6) is 17.2 Å². The first-order chi connectivity index (χ1) is 20.5. The highest BCUT2D eigenvalue weighted by Gasteiger charge is 2.61. The van der Waals surface area contributed by atoms with Gasteiger partial charge in [0.25, 0.3) is 0 Å². The van der Waals surface area contributed by atoms with E-state index in [1.807, 2.05) is 18.2 Å². The quantitative estimate of drug-likeness (QED) is 0.233. The molecule has 4 aromatic rings. The number of nitrogens with one attached hydrogen (secondary N) is 2. The molecule has 0 spiro atoms. The summed E-state index contributed by atoms with van der Waals surface area (Å²) in [6, 6.07) is 10.9. The van der Waals surface area contributed by atoms with Crippen LogP contribution in [0.15, 0.2) is 60.8 Å². The van der Waals surface area contributed by atoms with Crippen molar-refractivity contribution in [1.82, 2.24) is 15.0 Å². The van der Waals surface area contributed by atoms with Crippen LogP contribution in [0.3, 0.4) is 0 Å². The predicted molar refractivity (Wildman–Crippen MR) is 143 cm³/mol. The number of H-pyrrole nitrogens is 1. The number of carbonyl (C=O) groups is 3. The molecule has 2 aliphatic heterocycles. The van der Waals surface area contributed by atoms with E-state index >= 15 is 0 Å². The molecule has 0 bridgehead atoms. The number of halogens is 3. The van der Waals surface area contributed by atoms with E-state index in [1.54, 1.807) is 12.3 Å². The number of nitrogens with zero attached hydrogens (tertiary/aromatic N) is 2. The molecule has 3 atom stereocenters. The van der Waals surface area contributed by atoms with Crippen LogP contribution in [-0.4, -0.2) is 49.1 Å². The topological polar surface area (TPSA) is 164 Å². The molecule has 1 fully saturated rings. The molecular formula is C29H21F3N4O7. The molecule has 1 amide bonds. The lowest BCUT2D eigenvalue weighted by Gasteiger charge is -2.19. The zero-order valence-electron chi connectivity index (χ0n) is 21.9. The van der Waals surface area contributed by atoms with Gasteiger partial charge in [0.15, 0.2) is 0 Å². The van der Waals surface area contributed by atoms with E-state index in [0.29, 0.717) is 59.2 Å². The monoisotopic (exact) mass is 594 g/mol. The van der Waals surface area contributed by atoms with Crippen molar-refractivity contribution in [2.45, 2.75) is 37.0 Å². The molecule has 4 N–H and O–H groups in total. The maximum Gasteiger partial charge on any atom is 0.416 e. The zero-order valence-corrected chi connectivity index (χ0v) is 21.9. The second-order valence-electron chi connectivity index (χ2n) is 9.98. The fourth-order valence-corrected chi connectivity index (χ4v) is 5.22. The highest BCUT2D eigenvalue weighted by molar-refractivity contribution is 5.93. The molecule has 0 unspecified atom stereocenters. The van der Waals surface area contributed by atoms with Crippen LogP contribution in [-0.2, 0) is 27.0 Å². The number of fused-ring (bicyclic) bond motifs is 5. The van der Waals surface area contributed by atoms with E-state index in [4.69, 9.17) is 19.7 Å². The molecule has 11 nitrogen and oxygen atoms in total. The Bertz CT molecular complexity index is 1800. The fourth-order valence-electron chi connectivity index (χ4n) is 5.22. The van der Waals surface area contributed by atoms with E-state index in [1.165, 1.54) is 6.07 Å². The Hall–Kier alpha value is -5.40. The highest BCUT2D eigenvalue weighted by Crippen LogP contribution is 2.63. The molecule has 1 saturated carbocycles. The number of pyridine rings is 1. The number of hydrogen-bond acceptors (Lipinski definition) is 7. The maximum absolute atomic E-state index is 13.1. The van der Waals surface area contributed by atoms with E-state index < -0.39 is 23.7 Å². The number of aromatic nitrogens is 3. The van der Waals surface area contributed by atoms with Gasteiger partial charge in [0.2, 0.25) is 5.91 Å². The van der Waals surface area contributed by atoms with Gasteiger partial charge in [-0.1, -0.05) is 0 Å². The van der Waals surface area contributed by atoms with E-state index in [2.05, 4.69) is 20.3 Å². The minimum absolute atomic E-state index is 0.0434. The number of carboxylic acids is 2. The van der Waals surface area contributed by atoms with E-state index in [-0.39, 0.29) is 23.8 Å². The Balaban J connectivity index is 0.000000365. The minimum Gasteiger partial charge on any atom is -0.489 e. The van der Waals surface area contributed by atoms with Crippen molar-refractivity contribution in [2.24, 2.45) is 0 Å². The van der Waals surface area contributed by atoms with Crippen LogP contribution in [0.25, 0.3) is 11.0 Å². The highest BCUT2D eigenvalue weighted by atomic mass is 19.4. The number of hydrogen-bond donors (Lipinski definition) is 4. The van der Waals surface area contributed by atoms with Gasteiger partial charge in [-0.15, -0.1) is 0 Å². The maximum atomic E-state index is 13.1. The number of aliphatic carboxylic acids is 2. The predicted octanol–water partition coefficient (Wildman–Crippen LogP) is 5.01. The van der Waals surface area contributed by atoms with Crippen LogP contribution >= 0.6 is 0 Å². The second-order valence-corrected chi connectivity index (χ2v) is 9.98. The third-order valence-corrected chi connectivity index (χ3v) is 7.17. The van der Waals surface area contributed by atoms with Gasteiger partial charge in [0.05, 0.1) is 22.5 Å². The third-order valence-electron chi connectivity index (χ3n) is 7.17. The Kier molecular flexibility index (Phi) is 6.75. The first kappa shape index (κ1) is 27.8. The molecular weight excluding hydrogens is 573 g/mol. The van der Waals surface area contributed by atoms with Crippen LogP contribution in [0.2, 0.25) is 0 Å². The van der Waals surface area contributed by atoms with Crippen molar-refractivity contribution in [1.29, 1.82) is 0 Å². The lowest BCUT2D eigenvalue weighted by Crippen LogP contribution is -2.20. The number of carbonyl (C=O) groups excluding carboxylic acids is 1. The van der Waals surface area contributed by atoms with Crippen molar-refractivity contribution < 1.29 is 47.2 Å². The fraction of sp³-hybridized carbons (Fsp3) is 0.207. The van der Waals surface area contributed by atoms with Gasteiger partial charge < -0.3 is 30.0 Å². The van der Waals surface area contributed by atoms with Gasteiger partial charge in [-0.05, 0) is 48.9 Å². The largest absolute Gasteiger partial charge is 0.489 e. The summed E-state index contributed by atoms with van der Waals surface area (Å²) in [5, 5.41) is 18.4. The summed E-state index contributed by atoms with van der Waals surface area (Å²) in [6.45, 7) is 0. The smallest absolute Gasteiger partial charge is 0.416 e. The van der Waals surface area contributed by atoms with Crippen LogP contribution in [0, 0.1) is 0 Å². The van der Waals surface area contributed by atoms with Crippen molar-refractivity contribution in [3.05, 3.63) is 83.3 Å². The number of amides is 1. The van der Waals surface area contributed by atoms with E-state index in [0.717, 1.165) is 29.0 Å². The minimum atomic E-state index is -4.41. The average molecular weight is 595 g/mol. The molecule has 4 heterocycles. The van der Waals surface area contributed by atoms with Gasteiger partial charge in [-0.25, -0.2) is 19.6 Å². The molecule has 14 heteroatoms. The van der Waals surface area contributed by atoms with Crippen LogP contribution in [0.1, 0.15) is 40.8 Å². The number of benzene rings is 2. The molecule has 0 radical (unpaired) electrons. The Morgan fingerprint density at radius 3 is 2.51 bits per heavy atom. The van der Waals surface area contributed by atoms with Crippen LogP contribution < -0.4 is 14.8 Å². The summed E-state index contributed by atoms with van der Waals surface area (Å²) in [4.78, 5) is 42.6. The van der Waals surface area contributed by atoms with Gasteiger partial charge in [-0.3, -0.25) is 4.79 Å². The Morgan fingerprint density at radius 1 is 1.02 bits per heavy atom. The van der Waals surface area contributed by atoms with Crippen molar-refractivity contribution >= 4 is 34.7 Å². The zero-order chi connectivity index (χ0) is 30.5. The summed E-state index contributed by atoms with van der Waals surface area (Å²) in [6.07, 6.45) is -0.895. The number of carboxylic acid groups (broad SMARTS) is 2. The standard InChI is InChI=1S/C25H17F3N4O3.C4H4O4/c26-25(27,28)11-1-4-15-16(9-11)31-24(30-15)21-20-14-10-12(2-5-17(14)35-22(20)21)34-18-7-8-29-23-13(18)3-6-19(33)32-23;5-3(6)1-2-4(7)8/h1-2,4-5,7-10,20-22H,3,6H2,(H,30,31)(H,29,32,33);1-2H,(H,5,6)(H,7,8)/b;2-1-/t20-,21-,22-;/m0./s1. The normalized spacial score (nSPS) is 19.8. The Labute approximate surface area is 240 Å². The number of rotatable bonds is 5. The number of alkyl halides is 3. The van der Waals surface area contributed by atoms with Crippen molar-refractivity contribution in [3.8, 4) is 17.2 Å². The summed E-state index contributed by atoms with van der Waals surface area (Å²) >= 11 is 0. The number of anilines is 1. The van der Waals surface area contributed by atoms with Crippen molar-refractivity contribution in [3.63, 3.8) is 0 Å². The molecule has 7 rings (SSSR count). The molecule has 2 aromatic carbocycles. The Morgan fingerprint density at radius 2 is 1.79 bits per heavy atom. The lowest BCUT2D eigenvalue weighted by atomic mass is 10.1. The molecule has 3 aliphatic rings. The SMILES string of the molecule is O=C(O)/C=C\C(=O)O.O=C1CCc2c(Oc3ccc4c(c3)[C@@H]3[C@H](O4)[C@H]3c3nc4ccc(C(F)(F)F)cc4[nH]3)ccnc2N1. The summed E-state index contributed by atoms with van der Waals surface area (Å²) < 4.78 is 51.4. The first-order valence-corrected chi connectivity index (χ1v) is 12.9. The lowest BCUT2D eigenvalue weighted by molar-refractivity contribution is -0.137. The second kappa shape index (κ2) is 10.5. The molecule has 43 heavy (non-hydrogen) atoms.